The molecule has 3 N–H and O–H groups in total. The summed E-state index contributed by atoms with van der Waals surface area (Å²) in [5.41, 5.74) is 5.73. The molecule has 0 aromatic heterocycles. The number of ether oxygens (including phenoxy) is 1. The third kappa shape index (κ3) is 6.52. The predicted octanol–water partition coefficient (Wildman–Crippen LogP) is 6.48. The zero-order chi connectivity index (χ0) is 31.1. The lowest BCUT2D eigenvalue weighted by molar-refractivity contribution is -0.148. The number of nitrogens with zero attached hydrogens (tertiary/aromatic N) is 1. The number of nitrogens with one attached hydrogen (secondary N) is 1. The molecule has 0 spiro atoms. The zero-order valence-corrected chi connectivity index (χ0v) is 26.8. The first-order chi connectivity index (χ1) is 21.0. The number of alkyl halides is 2. The topological polar surface area (TPSA) is 102 Å². The van der Waals surface area contributed by atoms with E-state index in [9.17, 15) is 13.2 Å². The van der Waals surface area contributed by atoms with Gasteiger partial charge < -0.3 is 15.4 Å². The minimum Gasteiger partial charge on any atom is -0.493 e. The lowest BCUT2D eigenvalue weighted by atomic mass is 9.90. The summed E-state index contributed by atoms with van der Waals surface area (Å²) < 4.78 is 69.2. The van der Waals surface area contributed by atoms with Crippen LogP contribution in [0.4, 0.5) is 8.78 Å². The Hall–Kier alpha value is -2.60. The number of amides is 1. The second-order valence-corrected chi connectivity index (χ2v) is 15.2. The highest BCUT2D eigenvalue weighted by molar-refractivity contribution is 9.10. The number of nitrogens with two attached hydrogens (primary N) is 1. The fourth-order valence-corrected chi connectivity index (χ4v) is 8.67. The number of carbonyl (C=O) groups is 1. The molecule has 2 aliphatic heterocycles. The van der Waals surface area contributed by atoms with Crippen LogP contribution in [0, 0.1) is 5.92 Å². The lowest BCUT2D eigenvalue weighted by Gasteiger charge is -2.41. The SMILES string of the molecule is NC1CC2CCC(C1)N2C(=O)C(NS(=O)(=O)c1ccc(OCC2CCCCC2)cc1)C(F)(F)c1ccc2cc(Br)ccc2c1. The molecule has 44 heavy (non-hydrogen) atoms. The molecule has 2 heterocycles. The van der Waals surface area contributed by atoms with Crippen molar-refractivity contribution in [3.63, 3.8) is 0 Å². The molecule has 3 atom stereocenters. The van der Waals surface area contributed by atoms with Crippen LogP contribution in [0.5, 0.6) is 5.75 Å². The Labute approximate surface area is 265 Å². The van der Waals surface area contributed by atoms with Gasteiger partial charge in [-0.2, -0.15) is 13.5 Å². The number of rotatable bonds is 9. The molecule has 236 valence electrons. The van der Waals surface area contributed by atoms with Crippen molar-refractivity contribution in [3.8, 4) is 5.75 Å². The molecule has 1 saturated carbocycles. The second-order valence-electron chi connectivity index (χ2n) is 12.5. The highest BCUT2D eigenvalue weighted by Gasteiger charge is 2.53. The lowest BCUT2D eigenvalue weighted by Crippen LogP contribution is -2.60. The summed E-state index contributed by atoms with van der Waals surface area (Å²) in [6, 6.07) is 12.0. The Bertz CT molecular complexity index is 1600. The molecule has 3 aromatic rings. The zero-order valence-electron chi connectivity index (χ0n) is 24.4. The van der Waals surface area contributed by atoms with Gasteiger partial charge in [-0.1, -0.05) is 53.4 Å². The van der Waals surface area contributed by atoms with Gasteiger partial charge >= 0.3 is 0 Å². The molecule has 3 aromatic carbocycles. The number of fused-ring (bicyclic) bond motifs is 3. The molecular weight excluding hydrogens is 652 g/mol. The van der Waals surface area contributed by atoms with E-state index in [1.807, 2.05) is 0 Å². The van der Waals surface area contributed by atoms with Crippen molar-refractivity contribution >= 4 is 42.6 Å². The van der Waals surface area contributed by atoms with E-state index in [1.54, 1.807) is 24.3 Å². The van der Waals surface area contributed by atoms with Crippen molar-refractivity contribution in [3.05, 3.63) is 70.7 Å². The van der Waals surface area contributed by atoms with Crippen LogP contribution in [0.1, 0.15) is 63.4 Å². The van der Waals surface area contributed by atoms with Crippen molar-refractivity contribution in [2.24, 2.45) is 11.7 Å². The van der Waals surface area contributed by atoms with Gasteiger partial charge in [0.05, 0.1) is 11.5 Å². The Kier molecular flexibility index (Phi) is 9.03. The van der Waals surface area contributed by atoms with Crippen LogP contribution in [0.2, 0.25) is 0 Å². The van der Waals surface area contributed by atoms with Crippen molar-refractivity contribution in [1.29, 1.82) is 0 Å². The quantitative estimate of drug-likeness (QED) is 0.268. The van der Waals surface area contributed by atoms with E-state index < -0.39 is 33.5 Å². The van der Waals surface area contributed by atoms with E-state index in [2.05, 4.69) is 20.7 Å². The van der Waals surface area contributed by atoms with Gasteiger partial charge in [0, 0.05) is 28.2 Å². The van der Waals surface area contributed by atoms with E-state index >= 15 is 8.78 Å². The van der Waals surface area contributed by atoms with Crippen molar-refractivity contribution in [2.75, 3.05) is 6.61 Å². The van der Waals surface area contributed by atoms with Crippen LogP contribution in [0.3, 0.4) is 0 Å². The van der Waals surface area contributed by atoms with Crippen LogP contribution < -0.4 is 15.2 Å². The third-order valence-corrected chi connectivity index (χ3v) is 11.4. The maximum Gasteiger partial charge on any atom is 0.298 e. The van der Waals surface area contributed by atoms with Gasteiger partial charge in [-0.25, -0.2) is 8.42 Å². The second kappa shape index (κ2) is 12.7. The molecule has 2 bridgehead atoms. The van der Waals surface area contributed by atoms with Gasteiger partial charge in [-0.3, -0.25) is 4.79 Å². The fourth-order valence-electron chi connectivity index (χ4n) is 7.10. The van der Waals surface area contributed by atoms with Gasteiger partial charge in [0.2, 0.25) is 15.9 Å². The molecule has 0 radical (unpaired) electrons. The molecule has 3 aliphatic rings. The van der Waals surface area contributed by atoms with Crippen molar-refractivity contribution < 1.29 is 26.7 Å². The number of sulfonamides is 1. The summed E-state index contributed by atoms with van der Waals surface area (Å²) in [6.45, 7) is 0.553. The largest absolute Gasteiger partial charge is 0.493 e. The number of hydrogen-bond donors (Lipinski definition) is 2. The minimum atomic E-state index is -4.52. The van der Waals surface area contributed by atoms with Crippen LogP contribution in [0.25, 0.3) is 10.8 Å². The first-order valence-corrected chi connectivity index (χ1v) is 17.7. The van der Waals surface area contributed by atoms with Crippen molar-refractivity contribution in [1.82, 2.24) is 9.62 Å². The molecule has 11 heteroatoms. The first-order valence-electron chi connectivity index (χ1n) is 15.4. The Morgan fingerprint density at radius 3 is 2.27 bits per heavy atom. The first kappa shape index (κ1) is 31.4. The summed E-state index contributed by atoms with van der Waals surface area (Å²) in [5, 5.41) is 1.28. The molecule has 3 fully saturated rings. The standard InChI is InChI=1S/C33H38BrF2N3O4S/c34-25-9-7-22-16-24(8-6-23(22)17-25)33(35,36)31(32(40)39-27-10-11-28(39)19-26(37)18-27)38-44(41,42)30-14-12-29(13-15-30)43-20-21-4-2-1-3-5-21/h6-9,12-17,21,26-28,31,38H,1-5,10-11,18-20,37H2. The Morgan fingerprint density at radius 2 is 1.59 bits per heavy atom. The van der Waals surface area contributed by atoms with E-state index in [4.69, 9.17) is 10.5 Å². The molecule has 1 amide bonds. The number of halogens is 3. The summed E-state index contributed by atoms with van der Waals surface area (Å²) in [4.78, 5) is 15.3. The van der Waals surface area contributed by atoms with Gasteiger partial charge in [0.1, 0.15) is 5.75 Å². The van der Waals surface area contributed by atoms with E-state index in [0.29, 0.717) is 49.3 Å². The summed E-state index contributed by atoms with van der Waals surface area (Å²) in [6.07, 6.45) is 8.14. The number of benzene rings is 3. The fraction of sp³-hybridized carbons (Fsp3) is 0.485. The van der Waals surface area contributed by atoms with Gasteiger partial charge in [0.25, 0.3) is 5.92 Å². The number of carbonyl (C=O) groups excluding carboxylic acids is 1. The third-order valence-electron chi connectivity index (χ3n) is 9.44. The van der Waals surface area contributed by atoms with Crippen LogP contribution >= 0.6 is 15.9 Å². The van der Waals surface area contributed by atoms with Gasteiger partial charge in [-0.15, -0.1) is 0 Å². The van der Waals surface area contributed by atoms with E-state index in [-0.39, 0.29) is 23.0 Å². The average molecular weight is 691 g/mol. The summed E-state index contributed by atoms with van der Waals surface area (Å²) in [7, 11) is -4.52. The molecular formula is C33H38BrF2N3O4S. The molecule has 6 rings (SSSR count). The molecule has 2 saturated heterocycles. The number of hydrogen-bond acceptors (Lipinski definition) is 5. The molecule has 1 aliphatic carbocycles. The predicted molar refractivity (Wildman–Crippen MR) is 169 cm³/mol. The van der Waals surface area contributed by atoms with Crippen LogP contribution in [-0.4, -0.2) is 50.0 Å². The van der Waals surface area contributed by atoms with E-state index in [0.717, 1.165) is 22.7 Å². The van der Waals surface area contributed by atoms with Crippen LogP contribution in [-0.2, 0) is 20.7 Å². The Balaban J connectivity index is 1.28. The van der Waals surface area contributed by atoms with Crippen LogP contribution in [0.15, 0.2) is 70.0 Å². The normalized spacial score (nSPS) is 23.5. The number of piperidine rings is 1. The van der Waals surface area contributed by atoms with Gasteiger partial charge in [-0.05, 0) is 97.7 Å². The minimum absolute atomic E-state index is 0.120. The summed E-state index contributed by atoms with van der Waals surface area (Å²) >= 11 is 3.39. The summed E-state index contributed by atoms with van der Waals surface area (Å²) in [5.74, 6) is -3.80. The van der Waals surface area contributed by atoms with Crippen molar-refractivity contribution in [2.45, 2.75) is 92.8 Å². The smallest absolute Gasteiger partial charge is 0.298 e. The molecule has 3 unspecified atom stereocenters. The maximum atomic E-state index is 16.5. The maximum absolute atomic E-state index is 16.5. The Morgan fingerprint density at radius 1 is 0.955 bits per heavy atom. The highest BCUT2D eigenvalue weighted by atomic mass is 79.9. The van der Waals surface area contributed by atoms with E-state index in [1.165, 1.54) is 60.6 Å². The molecule has 7 nitrogen and oxygen atoms in total. The highest BCUT2D eigenvalue weighted by Crippen LogP contribution is 2.40. The monoisotopic (exact) mass is 689 g/mol. The van der Waals surface area contributed by atoms with Gasteiger partial charge in [0.15, 0.2) is 6.04 Å². The average Bonchev–Trinajstić information content (AvgIpc) is 3.29.